The van der Waals surface area contributed by atoms with Crippen molar-refractivity contribution in [3.63, 3.8) is 0 Å². The maximum atomic E-state index is 5.20. The Hall–Kier alpha value is -1.75. The lowest BCUT2D eigenvalue weighted by Gasteiger charge is -2.29. The van der Waals surface area contributed by atoms with Crippen LogP contribution in [0.5, 0.6) is 5.75 Å². The number of hydrogen-bond acceptors (Lipinski definition) is 3. The summed E-state index contributed by atoms with van der Waals surface area (Å²) in [5.41, 5.74) is 1.18. The molecular formula is C20H34N4O. The average Bonchev–Trinajstić information content (AvgIpc) is 2.65. The maximum absolute atomic E-state index is 5.20. The number of benzene rings is 1. The van der Waals surface area contributed by atoms with Crippen molar-refractivity contribution in [3.05, 3.63) is 29.8 Å². The fraction of sp³-hybridized carbons (Fsp3) is 0.650. The number of likely N-dealkylation sites (tertiary alicyclic amines) is 1. The number of rotatable bonds is 8. The van der Waals surface area contributed by atoms with E-state index < -0.39 is 0 Å². The molecule has 1 heterocycles. The van der Waals surface area contributed by atoms with Crippen molar-refractivity contribution in [1.29, 1.82) is 0 Å². The van der Waals surface area contributed by atoms with Crippen LogP contribution in [0.3, 0.4) is 0 Å². The molecule has 5 heteroatoms. The van der Waals surface area contributed by atoms with Crippen LogP contribution in [-0.4, -0.2) is 50.7 Å². The Bertz CT molecular complexity index is 509. The van der Waals surface area contributed by atoms with Crippen molar-refractivity contribution in [3.8, 4) is 5.75 Å². The molecule has 1 atom stereocenters. The predicted molar refractivity (Wildman–Crippen MR) is 105 cm³/mol. The molecule has 0 amide bonds. The van der Waals surface area contributed by atoms with Crippen LogP contribution >= 0.6 is 0 Å². The molecule has 0 aromatic heterocycles. The van der Waals surface area contributed by atoms with Crippen LogP contribution in [0.4, 0.5) is 0 Å². The van der Waals surface area contributed by atoms with E-state index in [1.165, 1.54) is 44.5 Å². The van der Waals surface area contributed by atoms with Gasteiger partial charge in [-0.2, -0.15) is 0 Å². The summed E-state index contributed by atoms with van der Waals surface area (Å²) in [6.45, 7) is 10.6. The number of methoxy groups -OCH3 is 1. The molecule has 1 saturated heterocycles. The Morgan fingerprint density at radius 3 is 2.52 bits per heavy atom. The molecule has 0 radical (unpaired) electrons. The number of nitrogens with one attached hydrogen (secondary N) is 2. The Kier molecular flexibility index (Phi) is 8.60. The summed E-state index contributed by atoms with van der Waals surface area (Å²) >= 11 is 0. The van der Waals surface area contributed by atoms with Gasteiger partial charge in [0.1, 0.15) is 5.75 Å². The highest BCUT2D eigenvalue weighted by Gasteiger charge is 2.13. The van der Waals surface area contributed by atoms with Crippen LogP contribution < -0.4 is 15.4 Å². The third-order valence-corrected chi connectivity index (χ3v) is 4.56. The van der Waals surface area contributed by atoms with Crippen LogP contribution in [0.1, 0.15) is 38.7 Å². The minimum atomic E-state index is 0.614. The molecule has 1 aromatic rings. The molecule has 0 saturated carbocycles. The third-order valence-electron chi connectivity index (χ3n) is 4.56. The van der Waals surface area contributed by atoms with Gasteiger partial charge in [0.15, 0.2) is 5.96 Å². The largest absolute Gasteiger partial charge is 0.497 e. The van der Waals surface area contributed by atoms with Gasteiger partial charge in [0, 0.05) is 19.6 Å². The first-order valence-corrected chi connectivity index (χ1v) is 9.58. The molecule has 0 aliphatic carbocycles. The molecule has 1 unspecified atom stereocenters. The quantitative estimate of drug-likeness (QED) is 0.561. The van der Waals surface area contributed by atoms with Crippen molar-refractivity contribution in [2.75, 3.05) is 39.8 Å². The second-order valence-corrected chi connectivity index (χ2v) is 6.89. The second-order valence-electron chi connectivity index (χ2n) is 6.89. The Morgan fingerprint density at radius 2 is 1.88 bits per heavy atom. The van der Waals surface area contributed by atoms with Crippen molar-refractivity contribution in [1.82, 2.24) is 15.5 Å². The fourth-order valence-electron chi connectivity index (χ4n) is 3.16. The summed E-state index contributed by atoms with van der Waals surface area (Å²) in [6, 6.07) is 8.08. The lowest BCUT2D eigenvalue weighted by atomic mass is 10.1. The van der Waals surface area contributed by atoms with E-state index in [0.29, 0.717) is 12.5 Å². The highest BCUT2D eigenvalue weighted by Crippen LogP contribution is 2.12. The highest BCUT2D eigenvalue weighted by molar-refractivity contribution is 5.79. The molecule has 2 N–H and O–H groups in total. The zero-order valence-electron chi connectivity index (χ0n) is 16.1. The SMILES string of the molecule is CCNC(=NCc1ccc(OC)cc1)NCC(C)CN1CCCCC1. The normalized spacial score (nSPS) is 17.2. The molecule has 1 aliphatic heterocycles. The van der Waals surface area contributed by atoms with Gasteiger partial charge in [-0.05, 0) is 56.5 Å². The van der Waals surface area contributed by atoms with Crippen LogP contribution in [0.2, 0.25) is 0 Å². The van der Waals surface area contributed by atoms with E-state index in [2.05, 4.69) is 41.5 Å². The van der Waals surface area contributed by atoms with E-state index in [1.807, 2.05) is 12.1 Å². The second kappa shape index (κ2) is 11.0. The molecule has 0 spiro atoms. The molecule has 140 valence electrons. The summed E-state index contributed by atoms with van der Waals surface area (Å²) in [4.78, 5) is 7.29. The molecule has 2 rings (SSSR count). The number of hydrogen-bond donors (Lipinski definition) is 2. The first-order valence-electron chi connectivity index (χ1n) is 9.58. The van der Waals surface area contributed by atoms with Gasteiger partial charge in [0.2, 0.25) is 0 Å². The van der Waals surface area contributed by atoms with E-state index in [1.54, 1.807) is 7.11 Å². The Balaban J connectivity index is 1.79. The summed E-state index contributed by atoms with van der Waals surface area (Å²) in [5.74, 6) is 2.39. The molecular weight excluding hydrogens is 312 g/mol. The van der Waals surface area contributed by atoms with Gasteiger partial charge in [0.25, 0.3) is 0 Å². The molecule has 5 nitrogen and oxygen atoms in total. The van der Waals surface area contributed by atoms with Gasteiger partial charge < -0.3 is 20.3 Å². The minimum absolute atomic E-state index is 0.614. The minimum Gasteiger partial charge on any atom is -0.497 e. The van der Waals surface area contributed by atoms with Gasteiger partial charge in [-0.15, -0.1) is 0 Å². The van der Waals surface area contributed by atoms with Crippen LogP contribution in [0.15, 0.2) is 29.3 Å². The van der Waals surface area contributed by atoms with E-state index in [4.69, 9.17) is 9.73 Å². The number of piperidine rings is 1. The average molecular weight is 347 g/mol. The van der Waals surface area contributed by atoms with Gasteiger partial charge >= 0.3 is 0 Å². The molecule has 1 fully saturated rings. The molecule has 1 aliphatic rings. The van der Waals surface area contributed by atoms with Gasteiger partial charge in [-0.3, -0.25) is 0 Å². The van der Waals surface area contributed by atoms with Crippen molar-refractivity contribution in [2.24, 2.45) is 10.9 Å². The van der Waals surface area contributed by atoms with E-state index in [-0.39, 0.29) is 0 Å². The lowest BCUT2D eigenvalue weighted by molar-refractivity contribution is 0.201. The summed E-state index contributed by atoms with van der Waals surface area (Å²) in [6.07, 6.45) is 4.10. The fourth-order valence-corrected chi connectivity index (χ4v) is 3.16. The topological polar surface area (TPSA) is 48.9 Å². The lowest BCUT2D eigenvalue weighted by Crippen LogP contribution is -2.42. The maximum Gasteiger partial charge on any atom is 0.191 e. The van der Waals surface area contributed by atoms with Crippen LogP contribution in [0, 0.1) is 5.92 Å². The zero-order chi connectivity index (χ0) is 17.9. The third kappa shape index (κ3) is 7.34. The highest BCUT2D eigenvalue weighted by atomic mass is 16.5. The number of aliphatic imine (C=N–C) groups is 1. The first-order chi connectivity index (χ1) is 12.2. The zero-order valence-corrected chi connectivity index (χ0v) is 16.1. The standard InChI is InChI=1S/C20H34N4O/c1-4-21-20(23-15-18-8-10-19(25-3)11-9-18)22-14-17(2)16-24-12-6-5-7-13-24/h8-11,17H,4-7,12-16H2,1-3H3,(H2,21,22,23). The van der Waals surface area contributed by atoms with E-state index in [9.17, 15) is 0 Å². The molecule has 25 heavy (non-hydrogen) atoms. The van der Waals surface area contributed by atoms with Crippen molar-refractivity contribution < 1.29 is 4.74 Å². The summed E-state index contributed by atoms with van der Waals surface area (Å²) in [7, 11) is 1.69. The number of nitrogens with zero attached hydrogens (tertiary/aromatic N) is 2. The van der Waals surface area contributed by atoms with Gasteiger partial charge in [0.05, 0.1) is 13.7 Å². The van der Waals surface area contributed by atoms with Crippen LogP contribution in [-0.2, 0) is 6.54 Å². The molecule has 0 bridgehead atoms. The van der Waals surface area contributed by atoms with Crippen LogP contribution in [0.25, 0.3) is 0 Å². The Labute approximate surface area is 152 Å². The predicted octanol–water partition coefficient (Wildman–Crippen LogP) is 2.87. The summed E-state index contributed by atoms with van der Waals surface area (Å²) < 4.78 is 5.20. The van der Waals surface area contributed by atoms with E-state index in [0.717, 1.165) is 24.8 Å². The smallest absolute Gasteiger partial charge is 0.191 e. The van der Waals surface area contributed by atoms with Crippen molar-refractivity contribution in [2.45, 2.75) is 39.7 Å². The van der Waals surface area contributed by atoms with Gasteiger partial charge in [-0.1, -0.05) is 25.5 Å². The van der Waals surface area contributed by atoms with E-state index >= 15 is 0 Å². The monoisotopic (exact) mass is 346 g/mol. The Morgan fingerprint density at radius 1 is 1.16 bits per heavy atom. The number of guanidine groups is 1. The number of ether oxygens (including phenoxy) is 1. The van der Waals surface area contributed by atoms with Gasteiger partial charge in [-0.25, -0.2) is 4.99 Å². The van der Waals surface area contributed by atoms with Crippen molar-refractivity contribution >= 4 is 5.96 Å². The molecule has 1 aromatic carbocycles. The summed E-state index contributed by atoms with van der Waals surface area (Å²) in [5, 5.41) is 6.83. The first kappa shape index (κ1) is 19.6.